The smallest absolute Gasteiger partial charge is 0.0355 e. The molecular formula is C23H48. The van der Waals surface area contributed by atoms with Crippen molar-refractivity contribution < 1.29 is 0 Å². The van der Waals surface area contributed by atoms with Crippen LogP contribution in [-0.4, -0.2) is 0 Å². The van der Waals surface area contributed by atoms with Gasteiger partial charge < -0.3 is 0 Å². The van der Waals surface area contributed by atoms with E-state index in [1.807, 2.05) is 0 Å². The van der Waals surface area contributed by atoms with Crippen molar-refractivity contribution in [2.24, 2.45) is 35.5 Å². The maximum Gasteiger partial charge on any atom is -0.0355 e. The number of hydrogen-bond acceptors (Lipinski definition) is 0. The minimum absolute atomic E-state index is 0.831. The second-order valence-electron chi connectivity index (χ2n) is 8.61. The molecule has 0 heterocycles. The SMILES string of the molecule is CCCCCC(CC)CC(C)C(C)C(CCC)C(CC)C(C)C. The molecule has 0 bridgehead atoms. The van der Waals surface area contributed by atoms with Gasteiger partial charge in [0.15, 0.2) is 0 Å². The predicted octanol–water partition coefficient (Wildman–Crippen LogP) is 8.35. The van der Waals surface area contributed by atoms with E-state index >= 15 is 0 Å². The van der Waals surface area contributed by atoms with Crippen LogP contribution in [0.2, 0.25) is 0 Å². The van der Waals surface area contributed by atoms with Crippen LogP contribution < -0.4 is 0 Å². The fourth-order valence-corrected chi connectivity index (χ4v) is 4.80. The summed E-state index contributed by atoms with van der Waals surface area (Å²) >= 11 is 0. The minimum Gasteiger partial charge on any atom is -0.0654 e. The lowest BCUT2D eigenvalue weighted by Gasteiger charge is -2.38. The van der Waals surface area contributed by atoms with Crippen LogP contribution in [0.25, 0.3) is 0 Å². The van der Waals surface area contributed by atoms with Gasteiger partial charge >= 0.3 is 0 Å². The van der Waals surface area contributed by atoms with Gasteiger partial charge in [0.1, 0.15) is 0 Å². The fraction of sp³-hybridized carbons (Fsp3) is 1.00. The summed E-state index contributed by atoms with van der Waals surface area (Å²) in [5, 5.41) is 0. The largest absolute Gasteiger partial charge is 0.0654 e. The molecule has 0 radical (unpaired) electrons. The molecule has 5 atom stereocenters. The van der Waals surface area contributed by atoms with Crippen LogP contribution in [0.15, 0.2) is 0 Å². The first-order valence-corrected chi connectivity index (χ1v) is 10.9. The summed E-state index contributed by atoms with van der Waals surface area (Å²) in [4.78, 5) is 0. The molecule has 0 fully saturated rings. The quantitative estimate of drug-likeness (QED) is 0.281. The van der Waals surface area contributed by atoms with Crippen LogP contribution in [0.4, 0.5) is 0 Å². The zero-order valence-corrected chi connectivity index (χ0v) is 17.8. The normalized spacial score (nSPS) is 18.7. The monoisotopic (exact) mass is 324 g/mol. The second-order valence-corrected chi connectivity index (χ2v) is 8.61. The maximum absolute atomic E-state index is 2.56. The summed E-state index contributed by atoms with van der Waals surface area (Å²) in [7, 11) is 0. The molecule has 140 valence electrons. The molecule has 0 saturated carbocycles. The molecular weight excluding hydrogens is 276 g/mol. The number of hydrogen-bond donors (Lipinski definition) is 0. The lowest BCUT2D eigenvalue weighted by Crippen LogP contribution is -2.30. The third kappa shape index (κ3) is 8.59. The molecule has 0 aromatic heterocycles. The summed E-state index contributed by atoms with van der Waals surface area (Å²) in [6.45, 7) is 19.5. The number of unbranched alkanes of at least 4 members (excludes halogenated alkanes) is 2. The lowest BCUT2D eigenvalue weighted by atomic mass is 9.68. The van der Waals surface area contributed by atoms with Gasteiger partial charge in [-0.1, -0.05) is 107 Å². The molecule has 0 rings (SSSR count). The van der Waals surface area contributed by atoms with Crippen LogP contribution in [0, 0.1) is 35.5 Å². The molecule has 0 amide bonds. The fourth-order valence-electron chi connectivity index (χ4n) is 4.80. The van der Waals surface area contributed by atoms with Crippen LogP contribution in [0.5, 0.6) is 0 Å². The summed E-state index contributed by atoms with van der Waals surface area (Å²) < 4.78 is 0. The highest BCUT2D eigenvalue weighted by Crippen LogP contribution is 2.39. The van der Waals surface area contributed by atoms with Crippen LogP contribution >= 0.6 is 0 Å². The van der Waals surface area contributed by atoms with E-state index in [0.29, 0.717) is 0 Å². The highest BCUT2D eigenvalue weighted by Gasteiger charge is 2.30. The van der Waals surface area contributed by atoms with Gasteiger partial charge in [-0.05, 0) is 41.9 Å². The van der Waals surface area contributed by atoms with E-state index in [0.717, 1.165) is 35.5 Å². The molecule has 0 aromatic carbocycles. The third-order valence-corrected chi connectivity index (χ3v) is 6.57. The molecule has 0 aliphatic heterocycles. The van der Waals surface area contributed by atoms with Crippen molar-refractivity contribution in [2.75, 3.05) is 0 Å². The Morgan fingerprint density at radius 1 is 0.652 bits per heavy atom. The molecule has 0 saturated heterocycles. The van der Waals surface area contributed by atoms with E-state index < -0.39 is 0 Å². The Morgan fingerprint density at radius 2 is 1.30 bits per heavy atom. The summed E-state index contributed by atoms with van der Waals surface area (Å²) in [5.41, 5.74) is 0. The van der Waals surface area contributed by atoms with Gasteiger partial charge in [-0.15, -0.1) is 0 Å². The Hall–Kier alpha value is 0. The van der Waals surface area contributed by atoms with Crippen molar-refractivity contribution in [1.82, 2.24) is 0 Å². The van der Waals surface area contributed by atoms with Gasteiger partial charge in [0.25, 0.3) is 0 Å². The minimum atomic E-state index is 0.831. The first-order chi connectivity index (χ1) is 10.9. The Morgan fingerprint density at radius 3 is 1.74 bits per heavy atom. The third-order valence-electron chi connectivity index (χ3n) is 6.57. The van der Waals surface area contributed by atoms with Crippen LogP contribution in [-0.2, 0) is 0 Å². The number of rotatable bonds is 14. The van der Waals surface area contributed by atoms with Crippen molar-refractivity contribution in [3.63, 3.8) is 0 Å². The molecule has 23 heavy (non-hydrogen) atoms. The second kappa shape index (κ2) is 13.3. The van der Waals surface area contributed by atoms with E-state index in [1.54, 1.807) is 0 Å². The molecule has 5 unspecified atom stereocenters. The molecule has 0 N–H and O–H groups in total. The Kier molecular flexibility index (Phi) is 13.3. The Labute approximate surface area is 149 Å². The van der Waals surface area contributed by atoms with Crippen LogP contribution in [0.1, 0.15) is 113 Å². The lowest BCUT2D eigenvalue weighted by molar-refractivity contribution is 0.118. The van der Waals surface area contributed by atoms with Crippen molar-refractivity contribution in [3.8, 4) is 0 Å². The van der Waals surface area contributed by atoms with Gasteiger partial charge in [-0.2, -0.15) is 0 Å². The molecule has 0 heteroatoms. The average Bonchev–Trinajstić information content (AvgIpc) is 2.52. The van der Waals surface area contributed by atoms with Gasteiger partial charge in [0.05, 0.1) is 0 Å². The van der Waals surface area contributed by atoms with E-state index in [-0.39, 0.29) is 0 Å². The zero-order chi connectivity index (χ0) is 17.8. The maximum atomic E-state index is 2.56. The van der Waals surface area contributed by atoms with Crippen molar-refractivity contribution >= 4 is 0 Å². The van der Waals surface area contributed by atoms with E-state index in [4.69, 9.17) is 0 Å². The predicted molar refractivity (Wildman–Crippen MR) is 108 cm³/mol. The highest BCUT2D eigenvalue weighted by atomic mass is 14.4. The van der Waals surface area contributed by atoms with Crippen molar-refractivity contribution in [1.29, 1.82) is 0 Å². The van der Waals surface area contributed by atoms with Gasteiger partial charge in [0.2, 0.25) is 0 Å². The molecule has 0 aromatic rings. The van der Waals surface area contributed by atoms with Crippen molar-refractivity contribution in [2.45, 2.75) is 113 Å². The van der Waals surface area contributed by atoms with E-state index in [9.17, 15) is 0 Å². The molecule has 0 aliphatic carbocycles. The standard InChI is InChI=1S/C23H48/c1-9-13-14-16-21(11-3)17-19(7)20(8)23(15-10-2)22(12-4)18(5)6/h18-23H,9-17H2,1-8H3. The van der Waals surface area contributed by atoms with Crippen LogP contribution in [0.3, 0.4) is 0 Å². The van der Waals surface area contributed by atoms with E-state index in [1.165, 1.54) is 57.8 Å². The average molecular weight is 325 g/mol. The summed E-state index contributed by atoms with van der Waals surface area (Å²) in [5.74, 6) is 5.38. The summed E-state index contributed by atoms with van der Waals surface area (Å²) in [6.07, 6.45) is 12.6. The van der Waals surface area contributed by atoms with Gasteiger partial charge in [-0.3, -0.25) is 0 Å². The first kappa shape index (κ1) is 23.0. The Balaban J connectivity index is 4.73. The zero-order valence-electron chi connectivity index (χ0n) is 17.8. The Bertz CT molecular complexity index is 255. The molecule has 0 spiro atoms. The van der Waals surface area contributed by atoms with Gasteiger partial charge in [0, 0.05) is 0 Å². The topological polar surface area (TPSA) is 0 Å². The summed E-state index contributed by atoms with van der Waals surface area (Å²) in [6, 6.07) is 0. The first-order valence-electron chi connectivity index (χ1n) is 10.9. The van der Waals surface area contributed by atoms with E-state index in [2.05, 4.69) is 55.4 Å². The van der Waals surface area contributed by atoms with Gasteiger partial charge in [-0.25, -0.2) is 0 Å². The van der Waals surface area contributed by atoms with Crippen molar-refractivity contribution in [3.05, 3.63) is 0 Å². The molecule has 0 aliphatic rings. The highest BCUT2D eigenvalue weighted by molar-refractivity contribution is 4.80. The molecule has 0 nitrogen and oxygen atoms in total.